The number of unbranched alkanes of at least 4 members (excludes halogenated alkanes) is 18. The summed E-state index contributed by atoms with van der Waals surface area (Å²) in [5, 5.41) is 77.7. The van der Waals surface area contributed by atoms with Gasteiger partial charge in [0.1, 0.15) is 36.6 Å². The summed E-state index contributed by atoms with van der Waals surface area (Å²) in [7, 11) is 0. The minimum Gasteiger partial charge on any atom is -0.393 e. The highest BCUT2D eigenvalue weighted by molar-refractivity contribution is 5.03. The molecule has 0 bridgehead atoms. The first-order valence-electron chi connectivity index (χ1n) is 23.1. The molecular weight excluding hydrogens is 700 g/mol. The molecule has 2 saturated heterocycles. The van der Waals surface area contributed by atoms with Crippen molar-refractivity contribution in [3.63, 3.8) is 0 Å². The van der Waals surface area contributed by atoms with Gasteiger partial charge in [-0.3, -0.25) is 0 Å². The Balaban J connectivity index is 2.28. The average molecular weight is 789 g/mol. The van der Waals surface area contributed by atoms with E-state index < -0.39 is 78.8 Å². The number of hydrogen-bond acceptors (Lipinski definition) is 10. The number of hydrogen-bond donors (Lipinski definition) is 7. The Bertz CT molecular complexity index is 926. The van der Waals surface area contributed by atoms with Crippen LogP contribution in [0.1, 0.15) is 208 Å². The van der Waals surface area contributed by atoms with E-state index in [0.717, 1.165) is 51.4 Å². The van der Waals surface area contributed by atoms with Crippen molar-refractivity contribution in [2.75, 3.05) is 0 Å². The summed E-state index contributed by atoms with van der Waals surface area (Å²) in [6, 6.07) is 0. The van der Waals surface area contributed by atoms with Crippen molar-refractivity contribution in [3.05, 3.63) is 0 Å². The van der Waals surface area contributed by atoms with Gasteiger partial charge in [-0.25, -0.2) is 0 Å². The van der Waals surface area contributed by atoms with E-state index in [9.17, 15) is 35.7 Å². The Morgan fingerprint density at radius 3 is 1.44 bits per heavy atom. The van der Waals surface area contributed by atoms with E-state index in [1.165, 1.54) is 83.5 Å². The third-order valence-electron chi connectivity index (χ3n) is 12.7. The number of aliphatic hydroxyl groups excluding tert-OH is 7. The molecule has 7 N–H and O–H groups in total. The standard InChI is InChI=1S/C45H88O10/c1-6-9-12-14-16-18-20-22-24-27-35(46)29-31-45(30-26-11-8-3,32-36(47)28-25-23-21-19-17-15-13-10-7-2)43-42(40(51)38(49)33(4)53-43)55-44-41(52)39(50)37(48)34(5)54-44/h33-44,46-52H,6-32H2,1-5H3/t33-,34-,35?,36?,37-,38-,39+,40+,41+,42+,43+,44?,45?/m0/s1. The maximum atomic E-state index is 11.8. The average Bonchev–Trinajstić information content (AvgIpc) is 3.16. The molecule has 2 heterocycles. The smallest absolute Gasteiger partial charge is 0.187 e. The summed E-state index contributed by atoms with van der Waals surface area (Å²) >= 11 is 0. The fraction of sp³-hybridized carbons (Fsp3) is 1.00. The van der Waals surface area contributed by atoms with Gasteiger partial charge in [0.15, 0.2) is 6.29 Å². The van der Waals surface area contributed by atoms with Crippen molar-refractivity contribution >= 4 is 0 Å². The van der Waals surface area contributed by atoms with Crippen LogP contribution in [0.15, 0.2) is 0 Å². The Morgan fingerprint density at radius 1 is 0.473 bits per heavy atom. The summed E-state index contributed by atoms with van der Waals surface area (Å²) in [6.45, 7) is 9.91. The van der Waals surface area contributed by atoms with Crippen LogP contribution in [0.25, 0.3) is 0 Å². The SMILES string of the molecule is CCCCCCCCCCCC(O)CCC(CCCCC)(CC(O)CCCCCCCCCCC)[C@@H]1O[C@@H](C)[C@H](O)[C@@H](O)[C@H]1OC1O[C@@H](C)[C@H](O)[C@@H](O)[C@H]1O. The fourth-order valence-electron chi connectivity index (χ4n) is 8.97. The predicted octanol–water partition coefficient (Wildman–Crippen LogP) is 8.01. The monoisotopic (exact) mass is 789 g/mol. The van der Waals surface area contributed by atoms with Crippen LogP contribution in [-0.2, 0) is 14.2 Å². The molecule has 2 fully saturated rings. The third-order valence-corrected chi connectivity index (χ3v) is 12.7. The Kier molecular flexibility index (Phi) is 26.7. The molecule has 0 amide bonds. The maximum Gasteiger partial charge on any atom is 0.187 e. The van der Waals surface area contributed by atoms with Gasteiger partial charge < -0.3 is 50.0 Å². The van der Waals surface area contributed by atoms with E-state index in [2.05, 4.69) is 20.8 Å². The van der Waals surface area contributed by atoms with Gasteiger partial charge in [-0.2, -0.15) is 0 Å². The summed E-state index contributed by atoms with van der Waals surface area (Å²) in [5.41, 5.74) is -0.739. The van der Waals surface area contributed by atoms with Gasteiger partial charge in [0, 0.05) is 5.41 Å². The van der Waals surface area contributed by atoms with Gasteiger partial charge in [-0.15, -0.1) is 0 Å². The highest BCUT2D eigenvalue weighted by Gasteiger charge is 2.55. The van der Waals surface area contributed by atoms with Gasteiger partial charge >= 0.3 is 0 Å². The normalized spacial score (nSPS) is 31.0. The summed E-state index contributed by atoms with van der Waals surface area (Å²) < 4.78 is 18.8. The van der Waals surface area contributed by atoms with Crippen molar-refractivity contribution in [1.29, 1.82) is 0 Å². The van der Waals surface area contributed by atoms with Gasteiger partial charge in [-0.1, -0.05) is 156 Å². The molecule has 0 aromatic heterocycles. The topological polar surface area (TPSA) is 169 Å². The zero-order valence-electron chi connectivity index (χ0n) is 35.9. The van der Waals surface area contributed by atoms with Crippen LogP contribution in [-0.4, -0.2) is 109 Å². The Morgan fingerprint density at radius 2 is 0.909 bits per heavy atom. The lowest BCUT2D eigenvalue weighted by Gasteiger charge is -2.53. The maximum absolute atomic E-state index is 11.8. The second-order valence-electron chi connectivity index (χ2n) is 17.6. The van der Waals surface area contributed by atoms with Crippen molar-refractivity contribution in [1.82, 2.24) is 0 Å². The molecule has 0 aromatic carbocycles. The molecule has 4 unspecified atom stereocenters. The second kappa shape index (κ2) is 28.9. The molecule has 0 aliphatic carbocycles. The van der Waals surface area contributed by atoms with E-state index in [1.807, 2.05) is 0 Å². The lowest BCUT2D eigenvalue weighted by Crippen LogP contribution is -2.66. The molecular formula is C45H88O10. The minimum absolute atomic E-state index is 0.379. The quantitative estimate of drug-likeness (QED) is 0.0332. The molecule has 0 aromatic rings. The molecule has 0 saturated carbocycles. The highest BCUT2D eigenvalue weighted by Crippen LogP contribution is 2.47. The van der Waals surface area contributed by atoms with Crippen LogP contribution in [0.5, 0.6) is 0 Å². The molecule has 0 radical (unpaired) electrons. The lowest BCUT2D eigenvalue weighted by atomic mass is 9.66. The second-order valence-corrected chi connectivity index (χ2v) is 17.6. The van der Waals surface area contributed by atoms with Crippen molar-refractivity contribution in [2.24, 2.45) is 5.41 Å². The van der Waals surface area contributed by atoms with Gasteiger partial charge in [-0.05, 0) is 52.4 Å². The van der Waals surface area contributed by atoms with E-state index in [4.69, 9.17) is 14.2 Å². The van der Waals surface area contributed by atoms with Crippen molar-refractivity contribution in [2.45, 2.75) is 281 Å². The molecule has 2 aliphatic rings. The van der Waals surface area contributed by atoms with Gasteiger partial charge in [0.2, 0.25) is 0 Å². The van der Waals surface area contributed by atoms with E-state index in [-0.39, 0.29) is 0 Å². The predicted molar refractivity (Wildman–Crippen MR) is 220 cm³/mol. The molecule has 2 aliphatic heterocycles. The van der Waals surface area contributed by atoms with Crippen LogP contribution in [0, 0.1) is 5.41 Å². The first kappa shape index (κ1) is 50.7. The van der Waals surface area contributed by atoms with Crippen LogP contribution >= 0.6 is 0 Å². The first-order chi connectivity index (χ1) is 26.4. The van der Waals surface area contributed by atoms with Crippen LogP contribution in [0.2, 0.25) is 0 Å². The zero-order valence-corrected chi connectivity index (χ0v) is 35.9. The van der Waals surface area contributed by atoms with Crippen LogP contribution < -0.4 is 0 Å². The number of ether oxygens (including phenoxy) is 3. The first-order valence-corrected chi connectivity index (χ1v) is 23.1. The third kappa shape index (κ3) is 18.2. The molecule has 328 valence electrons. The van der Waals surface area contributed by atoms with Gasteiger partial charge in [0.05, 0.1) is 30.5 Å². The highest BCUT2D eigenvalue weighted by atomic mass is 16.7. The molecule has 13 atom stereocenters. The lowest BCUT2D eigenvalue weighted by molar-refractivity contribution is -0.345. The largest absolute Gasteiger partial charge is 0.393 e. The molecule has 10 nitrogen and oxygen atoms in total. The van der Waals surface area contributed by atoms with E-state index in [1.54, 1.807) is 13.8 Å². The van der Waals surface area contributed by atoms with E-state index in [0.29, 0.717) is 38.5 Å². The fourth-order valence-corrected chi connectivity index (χ4v) is 8.97. The zero-order chi connectivity index (χ0) is 40.6. The molecule has 55 heavy (non-hydrogen) atoms. The van der Waals surface area contributed by atoms with Crippen molar-refractivity contribution < 1.29 is 50.0 Å². The molecule has 10 heteroatoms. The Labute approximate surface area is 336 Å². The summed E-state index contributed by atoms with van der Waals surface area (Å²) in [6.07, 6.45) is 14.5. The van der Waals surface area contributed by atoms with Crippen LogP contribution in [0.3, 0.4) is 0 Å². The minimum atomic E-state index is -1.60. The summed E-state index contributed by atoms with van der Waals surface area (Å²) in [5.74, 6) is 0. The van der Waals surface area contributed by atoms with Crippen molar-refractivity contribution in [3.8, 4) is 0 Å². The molecule has 0 spiro atoms. The number of aliphatic hydroxyl groups is 7. The van der Waals surface area contributed by atoms with Crippen LogP contribution in [0.4, 0.5) is 0 Å². The molecule has 2 rings (SSSR count). The van der Waals surface area contributed by atoms with E-state index >= 15 is 0 Å². The Hall–Kier alpha value is -0.400. The number of rotatable bonds is 32. The summed E-state index contributed by atoms with van der Waals surface area (Å²) in [4.78, 5) is 0. The van der Waals surface area contributed by atoms with Gasteiger partial charge in [0.25, 0.3) is 0 Å².